The van der Waals surface area contributed by atoms with Crippen molar-refractivity contribution in [1.82, 2.24) is 29.5 Å². The van der Waals surface area contributed by atoms with Crippen LogP contribution in [0.15, 0.2) is 0 Å². The van der Waals surface area contributed by atoms with E-state index in [0.717, 1.165) is 50.8 Å². The highest BCUT2D eigenvalue weighted by Crippen LogP contribution is 2.40. The molecular weight excluding hydrogens is 304 g/mol. The summed E-state index contributed by atoms with van der Waals surface area (Å²) in [5.41, 5.74) is 0. The van der Waals surface area contributed by atoms with Crippen LogP contribution in [0.4, 0.5) is 0 Å². The van der Waals surface area contributed by atoms with Crippen LogP contribution in [0.5, 0.6) is 0 Å². The van der Waals surface area contributed by atoms with Gasteiger partial charge in [0.15, 0.2) is 5.82 Å². The number of likely N-dealkylation sites (N-methyl/N-ethyl adjacent to an activating group) is 1. The lowest BCUT2D eigenvalue weighted by atomic mass is 10.2. The minimum absolute atomic E-state index is 0.230. The molecule has 1 saturated heterocycles. The van der Waals surface area contributed by atoms with Gasteiger partial charge in [-0.05, 0) is 46.3 Å². The summed E-state index contributed by atoms with van der Waals surface area (Å²) in [6.07, 6.45) is 3.60. The molecule has 7 heteroatoms. The lowest BCUT2D eigenvalue weighted by Gasteiger charge is -2.34. The third kappa shape index (κ3) is 3.19. The van der Waals surface area contributed by atoms with Gasteiger partial charge in [0, 0.05) is 25.6 Å². The zero-order chi connectivity index (χ0) is 16.7. The SMILES string of the molecule is C[C@H]1CN(C(=O)CN2CCCN(C)CC2)Cc2nnc(C3CC3)n21. The van der Waals surface area contributed by atoms with Crippen molar-refractivity contribution in [3.05, 3.63) is 11.6 Å². The summed E-state index contributed by atoms with van der Waals surface area (Å²) in [6, 6.07) is 0.276. The Morgan fingerprint density at radius 2 is 2.00 bits per heavy atom. The molecule has 0 radical (unpaired) electrons. The van der Waals surface area contributed by atoms with Crippen LogP contribution in [0, 0.1) is 0 Å². The first-order valence-electron chi connectivity index (χ1n) is 9.24. The number of carbonyl (C=O) groups is 1. The van der Waals surface area contributed by atoms with Gasteiger partial charge in [0.1, 0.15) is 5.82 Å². The van der Waals surface area contributed by atoms with Crippen LogP contribution in [-0.2, 0) is 11.3 Å². The number of aromatic nitrogens is 3. The lowest BCUT2D eigenvalue weighted by molar-refractivity contribution is -0.134. The third-order valence-electron chi connectivity index (χ3n) is 5.52. The molecule has 0 N–H and O–H groups in total. The van der Waals surface area contributed by atoms with E-state index in [0.29, 0.717) is 19.0 Å². The summed E-state index contributed by atoms with van der Waals surface area (Å²) in [6.45, 7) is 8.26. The van der Waals surface area contributed by atoms with Crippen LogP contribution in [0.25, 0.3) is 0 Å². The first-order valence-corrected chi connectivity index (χ1v) is 9.24. The molecule has 7 nitrogen and oxygen atoms in total. The molecule has 1 atom stereocenters. The maximum atomic E-state index is 12.8. The molecule has 0 aromatic carbocycles. The highest BCUT2D eigenvalue weighted by molar-refractivity contribution is 5.78. The van der Waals surface area contributed by atoms with Crippen molar-refractivity contribution >= 4 is 5.91 Å². The van der Waals surface area contributed by atoms with Gasteiger partial charge in [-0.3, -0.25) is 9.69 Å². The molecule has 0 bridgehead atoms. The van der Waals surface area contributed by atoms with Crippen molar-refractivity contribution < 1.29 is 4.79 Å². The largest absolute Gasteiger partial charge is 0.332 e. The summed E-state index contributed by atoms with van der Waals surface area (Å²) in [7, 11) is 2.15. The normalized spacial score (nSPS) is 26.2. The average Bonchev–Trinajstić information content (AvgIpc) is 3.34. The number of nitrogens with zero attached hydrogens (tertiary/aromatic N) is 6. The van der Waals surface area contributed by atoms with E-state index < -0.39 is 0 Å². The molecule has 1 amide bonds. The summed E-state index contributed by atoms with van der Waals surface area (Å²) in [5.74, 6) is 2.93. The molecule has 0 spiro atoms. The summed E-state index contributed by atoms with van der Waals surface area (Å²) in [5, 5.41) is 8.77. The number of rotatable bonds is 3. The highest BCUT2D eigenvalue weighted by atomic mass is 16.2. The average molecular weight is 332 g/mol. The minimum atomic E-state index is 0.230. The Morgan fingerprint density at radius 1 is 1.17 bits per heavy atom. The summed E-state index contributed by atoms with van der Waals surface area (Å²) in [4.78, 5) is 19.4. The second-order valence-corrected chi connectivity index (χ2v) is 7.67. The molecule has 3 heterocycles. The van der Waals surface area contributed by atoms with Crippen molar-refractivity contribution in [3.63, 3.8) is 0 Å². The second kappa shape index (κ2) is 6.44. The van der Waals surface area contributed by atoms with Gasteiger partial charge in [0.05, 0.1) is 19.1 Å². The summed E-state index contributed by atoms with van der Waals surface area (Å²) >= 11 is 0. The van der Waals surface area contributed by atoms with Crippen molar-refractivity contribution in [2.75, 3.05) is 46.3 Å². The van der Waals surface area contributed by atoms with Crippen molar-refractivity contribution in [2.24, 2.45) is 0 Å². The molecule has 1 aliphatic carbocycles. The van der Waals surface area contributed by atoms with Gasteiger partial charge in [-0.1, -0.05) is 0 Å². The van der Waals surface area contributed by atoms with Gasteiger partial charge in [-0.2, -0.15) is 0 Å². The van der Waals surface area contributed by atoms with Crippen LogP contribution in [0.3, 0.4) is 0 Å². The van der Waals surface area contributed by atoms with Crippen molar-refractivity contribution in [2.45, 2.75) is 44.7 Å². The first kappa shape index (κ1) is 16.0. The Bertz CT molecular complexity index is 610. The molecule has 1 aromatic rings. The van der Waals surface area contributed by atoms with Crippen molar-refractivity contribution in [3.8, 4) is 0 Å². The number of amides is 1. The molecule has 24 heavy (non-hydrogen) atoms. The molecule has 132 valence electrons. The smallest absolute Gasteiger partial charge is 0.237 e. The highest BCUT2D eigenvalue weighted by Gasteiger charge is 2.35. The molecule has 1 saturated carbocycles. The van der Waals surface area contributed by atoms with Gasteiger partial charge in [-0.25, -0.2) is 0 Å². The lowest BCUT2D eigenvalue weighted by Crippen LogP contribution is -2.46. The number of carbonyl (C=O) groups excluding carboxylic acids is 1. The van der Waals surface area contributed by atoms with Gasteiger partial charge in [-0.15, -0.1) is 10.2 Å². The Kier molecular flexibility index (Phi) is 4.30. The zero-order valence-corrected chi connectivity index (χ0v) is 14.8. The molecule has 2 aliphatic heterocycles. The maximum Gasteiger partial charge on any atom is 0.237 e. The molecule has 1 aromatic heterocycles. The molecule has 0 unspecified atom stereocenters. The minimum Gasteiger partial charge on any atom is -0.332 e. The number of hydrogen-bond donors (Lipinski definition) is 0. The fraction of sp³-hybridized carbons (Fsp3) is 0.824. The number of fused-ring (bicyclic) bond motifs is 1. The zero-order valence-electron chi connectivity index (χ0n) is 14.8. The van der Waals surface area contributed by atoms with Gasteiger partial charge in [0.2, 0.25) is 5.91 Å². The van der Waals surface area contributed by atoms with Crippen LogP contribution >= 0.6 is 0 Å². The Balaban J connectivity index is 1.40. The van der Waals surface area contributed by atoms with Crippen LogP contribution < -0.4 is 0 Å². The molecule has 3 aliphatic rings. The summed E-state index contributed by atoms with van der Waals surface area (Å²) < 4.78 is 2.28. The van der Waals surface area contributed by atoms with Crippen LogP contribution in [0.1, 0.15) is 49.8 Å². The Morgan fingerprint density at radius 3 is 2.79 bits per heavy atom. The second-order valence-electron chi connectivity index (χ2n) is 7.67. The van der Waals surface area contributed by atoms with E-state index in [4.69, 9.17) is 0 Å². The van der Waals surface area contributed by atoms with Crippen molar-refractivity contribution in [1.29, 1.82) is 0 Å². The van der Waals surface area contributed by atoms with E-state index in [9.17, 15) is 4.79 Å². The first-order chi connectivity index (χ1) is 11.6. The van der Waals surface area contributed by atoms with Gasteiger partial charge in [0.25, 0.3) is 0 Å². The predicted molar refractivity (Wildman–Crippen MR) is 90.7 cm³/mol. The number of hydrogen-bond acceptors (Lipinski definition) is 5. The van der Waals surface area contributed by atoms with E-state index in [1.54, 1.807) is 0 Å². The Hall–Kier alpha value is -1.47. The van der Waals surface area contributed by atoms with Gasteiger partial charge >= 0.3 is 0 Å². The van der Waals surface area contributed by atoms with E-state index in [2.05, 4.69) is 38.5 Å². The predicted octanol–water partition coefficient (Wildman–Crippen LogP) is 0.696. The standard InChI is InChI=1S/C17H28N6O/c1-13-10-22(11-15-18-19-17(23(13)15)14-4-5-14)16(24)12-21-7-3-6-20(2)8-9-21/h13-14H,3-12H2,1-2H3/t13-/m0/s1. The molecule has 4 rings (SSSR count). The van der Waals surface area contributed by atoms with Gasteiger partial charge < -0.3 is 14.4 Å². The quantitative estimate of drug-likeness (QED) is 0.815. The topological polar surface area (TPSA) is 57.5 Å². The van der Waals surface area contributed by atoms with E-state index in [1.165, 1.54) is 12.8 Å². The monoisotopic (exact) mass is 332 g/mol. The van der Waals surface area contributed by atoms with Crippen LogP contribution in [-0.4, -0.2) is 81.7 Å². The molecular formula is C17H28N6O. The third-order valence-corrected chi connectivity index (χ3v) is 5.52. The fourth-order valence-corrected chi connectivity index (χ4v) is 3.92. The van der Waals surface area contributed by atoms with Crippen LogP contribution in [0.2, 0.25) is 0 Å². The van der Waals surface area contributed by atoms with E-state index >= 15 is 0 Å². The Labute approximate surface area is 143 Å². The molecule has 2 fully saturated rings. The fourth-order valence-electron chi connectivity index (χ4n) is 3.92. The van der Waals surface area contributed by atoms with E-state index in [1.807, 2.05) is 4.90 Å². The maximum absolute atomic E-state index is 12.8. The van der Waals surface area contributed by atoms with E-state index in [-0.39, 0.29) is 11.9 Å².